The van der Waals surface area contributed by atoms with Crippen LogP contribution in [0.4, 0.5) is 0 Å². The standard InChI is InChI=1S/C27H34N2O2/c1-3-21(16-20-7-5-4-6-8-20)25-17-26(25)28-24-11-13-29(14-12-24)18-23-10-9-22(27(30)31)15-19(23)2/h4-10,15-16,24-26,28H,3,11-14,17-18H2,1-2H3,(H,30,31)/b21-16+/t25-,26+/m0/s1. The molecule has 2 atom stereocenters. The molecular weight excluding hydrogens is 384 g/mol. The molecule has 2 N–H and O–H groups in total. The number of benzene rings is 2. The molecule has 2 aliphatic rings. The average Bonchev–Trinajstić information content (AvgIpc) is 3.54. The zero-order valence-corrected chi connectivity index (χ0v) is 18.7. The maximum Gasteiger partial charge on any atom is 0.335 e. The largest absolute Gasteiger partial charge is 0.478 e. The molecule has 0 spiro atoms. The van der Waals surface area contributed by atoms with E-state index in [1.54, 1.807) is 17.7 Å². The molecule has 1 saturated carbocycles. The molecule has 0 radical (unpaired) electrons. The third-order valence-electron chi connectivity index (χ3n) is 6.85. The molecule has 1 aliphatic heterocycles. The van der Waals surface area contributed by atoms with Gasteiger partial charge in [-0.3, -0.25) is 4.90 Å². The quantitative estimate of drug-likeness (QED) is 0.624. The molecule has 0 unspecified atom stereocenters. The first-order chi connectivity index (χ1) is 15.0. The van der Waals surface area contributed by atoms with Gasteiger partial charge in [-0.05, 0) is 80.4 Å². The molecule has 2 fully saturated rings. The minimum Gasteiger partial charge on any atom is -0.478 e. The van der Waals surface area contributed by atoms with Crippen LogP contribution in [0.2, 0.25) is 0 Å². The second-order valence-corrected chi connectivity index (χ2v) is 9.10. The van der Waals surface area contributed by atoms with Crippen LogP contribution in [0.15, 0.2) is 54.1 Å². The summed E-state index contributed by atoms with van der Waals surface area (Å²) >= 11 is 0. The Labute approximate surface area is 186 Å². The van der Waals surface area contributed by atoms with Crippen molar-refractivity contribution in [2.75, 3.05) is 13.1 Å². The van der Waals surface area contributed by atoms with Crippen molar-refractivity contribution in [2.24, 2.45) is 5.92 Å². The van der Waals surface area contributed by atoms with Crippen LogP contribution in [-0.4, -0.2) is 41.1 Å². The summed E-state index contributed by atoms with van der Waals surface area (Å²) in [6.07, 6.45) is 7.13. The number of rotatable bonds is 8. The van der Waals surface area contributed by atoms with Crippen LogP contribution in [0.3, 0.4) is 0 Å². The number of carboxylic acids is 1. The van der Waals surface area contributed by atoms with Gasteiger partial charge < -0.3 is 10.4 Å². The van der Waals surface area contributed by atoms with Crippen molar-refractivity contribution in [3.63, 3.8) is 0 Å². The summed E-state index contributed by atoms with van der Waals surface area (Å²) in [5.74, 6) is -0.164. The highest BCUT2D eigenvalue weighted by Gasteiger charge is 2.40. The van der Waals surface area contributed by atoms with Gasteiger partial charge in [-0.15, -0.1) is 0 Å². The minimum atomic E-state index is -0.857. The van der Waals surface area contributed by atoms with Crippen molar-refractivity contribution >= 4 is 12.0 Å². The summed E-state index contributed by atoms with van der Waals surface area (Å²) in [5.41, 5.74) is 5.55. The highest BCUT2D eigenvalue weighted by molar-refractivity contribution is 5.87. The summed E-state index contributed by atoms with van der Waals surface area (Å²) in [4.78, 5) is 13.6. The van der Waals surface area contributed by atoms with Crippen molar-refractivity contribution < 1.29 is 9.90 Å². The first-order valence-corrected chi connectivity index (χ1v) is 11.6. The second-order valence-electron chi connectivity index (χ2n) is 9.10. The number of carbonyl (C=O) groups is 1. The van der Waals surface area contributed by atoms with E-state index in [1.165, 1.54) is 30.4 Å². The number of likely N-dealkylation sites (tertiary alicyclic amines) is 1. The number of nitrogens with zero attached hydrogens (tertiary/aromatic N) is 1. The SMILES string of the molecule is CC/C(=C\c1ccccc1)[C@@H]1C[C@H]1NC1CCN(Cc2ccc(C(=O)O)cc2C)CC1. The first-order valence-electron chi connectivity index (χ1n) is 11.6. The molecule has 1 saturated heterocycles. The molecule has 2 aromatic carbocycles. The Morgan fingerprint density at radius 3 is 2.55 bits per heavy atom. The van der Waals surface area contributed by atoms with Crippen molar-refractivity contribution in [3.8, 4) is 0 Å². The number of aromatic carboxylic acids is 1. The fourth-order valence-electron chi connectivity index (χ4n) is 4.83. The van der Waals surface area contributed by atoms with Gasteiger partial charge in [0.2, 0.25) is 0 Å². The van der Waals surface area contributed by atoms with E-state index in [1.807, 2.05) is 13.0 Å². The van der Waals surface area contributed by atoms with Gasteiger partial charge in [0.05, 0.1) is 5.56 Å². The summed E-state index contributed by atoms with van der Waals surface area (Å²) in [6, 6.07) is 17.4. The molecule has 0 bridgehead atoms. The summed E-state index contributed by atoms with van der Waals surface area (Å²) in [7, 11) is 0. The smallest absolute Gasteiger partial charge is 0.335 e. The van der Waals surface area contributed by atoms with Crippen LogP contribution in [-0.2, 0) is 6.54 Å². The van der Waals surface area contributed by atoms with Gasteiger partial charge in [-0.2, -0.15) is 0 Å². The third-order valence-corrected chi connectivity index (χ3v) is 6.85. The molecule has 4 rings (SSSR count). The van der Waals surface area contributed by atoms with E-state index in [9.17, 15) is 4.79 Å². The lowest BCUT2D eigenvalue weighted by molar-refractivity contribution is 0.0696. The van der Waals surface area contributed by atoms with Crippen molar-refractivity contribution in [1.29, 1.82) is 0 Å². The maximum atomic E-state index is 11.1. The van der Waals surface area contributed by atoms with Crippen LogP contribution < -0.4 is 5.32 Å². The molecule has 0 amide bonds. The maximum absolute atomic E-state index is 11.1. The Kier molecular flexibility index (Phi) is 6.89. The van der Waals surface area contributed by atoms with E-state index in [-0.39, 0.29) is 0 Å². The first kappa shape index (κ1) is 21.8. The van der Waals surface area contributed by atoms with E-state index in [0.717, 1.165) is 31.6 Å². The van der Waals surface area contributed by atoms with Crippen LogP contribution in [0.1, 0.15) is 59.7 Å². The van der Waals surface area contributed by atoms with Crippen molar-refractivity contribution in [3.05, 3.63) is 76.4 Å². The molecule has 4 heteroatoms. The molecular formula is C27H34N2O2. The molecule has 31 heavy (non-hydrogen) atoms. The lowest BCUT2D eigenvalue weighted by Crippen LogP contribution is -2.43. The second kappa shape index (κ2) is 9.80. The fourth-order valence-corrected chi connectivity index (χ4v) is 4.83. The van der Waals surface area contributed by atoms with E-state index >= 15 is 0 Å². The molecule has 4 nitrogen and oxygen atoms in total. The van der Waals surface area contributed by atoms with Gasteiger partial charge >= 0.3 is 5.97 Å². The van der Waals surface area contributed by atoms with Crippen molar-refractivity contribution in [1.82, 2.24) is 10.2 Å². The summed E-state index contributed by atoms with van der Waals surface area (Å²) in [5, 5.41) is 13.1. The predicted octanol–water partition coefficient (Wildman–Crippen LogP) is 5.13. The number of piperidine rings is 1. The highest BCUT2D eigenvalue weighted by Crippen LogP contribution is 2.40. The van der Waals surface area contributed by atoms with Crippen LogP contribution in [0.5, 0.6) is 0 Å². The summed E-state index contributed by atoms with van der Waals surface area (Å²) < 4.78 is 0. The molecule has 1 heterocycles. The lowest BCUT2D eigenvalue weighted by Gasteiger charge is -2.33. The number of nitrogens with one attached hydrogen (secondary N) is 1. The fraction of sp³-hybridized carbons (Fsp3) is 0.444. The number of hydrogen-bond acceptors (Lipinski definition) is 3. The van der Waals surface area contributed by atoms with Gasteiger partial charge in [0.1, 0.15) is 0 Å². The topological polar surface area (TPSA) is 52.6 Å². The van der Waals surface area contributed by atoms with Crippen LogP contribution >= 0.6 is 0 Å². The molecule has 164 valence electrons. The average molecular weight is 419 g/mol. The Morgan fingerprint density at radius 1 is 1.16 bits per heavy atom. The Morgan fingerprint density at radius 2 is 1.90 bits per heavy atom. The normalized spacial score (nSPS) is 22.5. The Hall–Kier alpha value is -2.43. The third kappa shape index (κ3) is 5.63. The van der Waals surface area contributed by atoms with E-state index in [4.69, 9.17) is 5.11 Å². The van der Waals surface area contributed by atoms with Gasteiger partial charge in [-0.25, -0.2) is 4.79 Å². The number of aryl methyl sites for hydroxylation is 1. The van der Waals surface area contributed by atoms with Gasteiger partial charge in [0.15, 0.2) is 0 Å². The van der Waals surface area contributed by atoms with Gasteiger partial charge in [0, 0.05) is 18.6 Å². The Bertz CT molecular complexity index is 930. The summed E-state index contributed by atoms with van der Waals surface area (Å²) in [6.45, 7) is 7.38. The zero-order valence-electron chi connectivity index (χ0n) is 18.7. The molecule has 0 aromatic heterocycles. The Balaban J connectivity index is 1.25. The zero-order chi connectivity index (χ0) is 21.8. The van der Waals surface area contributed by atoms with E-state index in [0.29, 0.717) is 23.6 Å². The van der Waals surface area contributed by atoms with E-state index in [2.05, 4.69) is 53.5 Å². The minimum absolute atomic E-state index is 0.371. The van der Waals surface area contributed by atoms with Gasteiger partial charge in [0.25, 0.3) is 0 Å². The van der Waals surface area contributed by atoms with Crippen LogP contribution in [0, 0.1) is 12.8 Å². The molecule has 1 aliphatic carbocycles. The number of hydrogen-bond donors (Lipinski definition) is 2. The highest BCUT2D eigenvalue weighted by atomic mass is 16.4. The monoisotopic (exact) mass is 418 g/mol. The number of carboxylic acid groups (broad SMARTS) is 1. The predicted molar refractivity (Wildman–Crippen MR) is 126 cm³/mol. The van der Waals surface area contributed by atoms with Crippen LogP contribution in [0.25, 0.3) is 6.08 Å². The molecule has 2 aromatic rings. The lowest BCUT2D eigenvalue weighted by atomic mass is 10.0. The van der Waals surface area contributed by atoms with Crippen molar-refractivity contribution in [2.45, 2.75) is 58.2 Å². The van der Waals surface area contributed by atoms with E-state index < -0.39 is 5.97 Å². The van der Waals surface area contributed by atoms with Gasteiger partial charge in [-0.1, -0.05) is 55.0 Å².